The van der Waals surface area contributed by atoms with Gasteiger partial charge in [-0.3, -0.25) is 4.79 Å². The van der Waals surface area contributed by atoms with Crippen molar-refractivity contribution in [1.82, 2.24) is 9.97 Å². The van der Waals surface area contributed by atoms with E-state index in [1.165, 1.54) is 0 Å². The molecule has 2 aromatic heterocycles. The number of nitrogens with zero attached hydrogens (tertiary/aromatic N) is 3. The number of rotatable bonds is 4. The van der Waals surface area contributed by atoms with Gasteiger partial charge in [-0.1, -0.05) is 46.3 Å². The van der Waals surface area contributed by atoms with Crippen molar-refractivity contribution in [2.45, 2.75) is 0 Å². The van der Waals surface area contributed by atoms with Gasteiger partial charge in [0.15, 0.2) is 5.69 Å². The van der Waals surface area contributed by atoms with E-state index < -0.39 is 5.91 Å². The number of halogens is 2. The summed E-state index contributed by atoms with van der Waals surface area (Å²) in [6.45, 7) is 0. The predicted molar refractivity (Wildman–Crippen MR) is 138 cm³/mol. The van der Waals surface area contributed by atoms with Gasteiger partial charge in [0.2, 0.25) is 5.88 Å². The van der Waals surface area contributed by atoms with E-state index in [0.29, 0.717) is 38.8 Å². The highest BCUT2D eigenvalue weighted by Crippen LogP contribution is 2.40. The number of aromatic hydroxyl groups is 1. The minimum atomic E-state index is -0.569. The third-order valence-corrected chi connectivity index (χ3v) is 6.42. The maximum absolute atomic E-state index is 13.3. The Bertz CT molecular complexity index is 1600. The van der Waals surface area contributed by atoms with Gasteiger partial charge in [-0.25, -0.2) is 4.98 Å². The van der Waals surface area contributed by atoms with Crippen LogP contribution in [-0.4, -0.2) is 28.1 Å². The van der Waals surface area contributed by atoms with Gasteiger partial charge >= 0.3 is 0 Å². The molecule has 0 bridgehead atoms. The third-order valence-electron chi connectivity index (χ3n) is 5.33. The van der Waals surface area contributed by atoms with Gasteiger partial charge in [-0.2, -0.15) is 0 Å². The summed E-state index contributed by atoms with van der Waals surface area (Å²) in [5.41, 5.74) is 3.28. The van der Waals surface area contributed by atoms with Crippen LogP contribution in [0.4, 0.5) is 5.69 Å². The largest absolute Gasteiger partial charge is 0.497 e. The SMILES string of the molecule is COc1ccc2nc(-c3ccccc3)cc(C(=O)N=Nc3c(O)[nH]c4c(Br)cc(Br)cc34)c2c1. The summed E-state index contributed by atoms with van der Waals surface area (Å²) < 4.78 is 6.86. The van der Waals surface area contributed by atoms with Crippen molar-refractivity contribution in [2.24, 2.45) is 10.2 Å². The number of ether oxygens (including phenoxy) is 1. The smallest absolute Gasteiger partial charge is 0.296 e. The van der Waals surface area contributed by atoms with Gasteiger partial charge in [0.05, 0.1) is 29.4 Å². The highest BCUT2D eigenvalue weighted by Gasteiger charge is 2.17. The molecular formula is C25H16Br2N4O3. The maximum atomic E-state index is 13.3. The van der Waals surface area contributed by atoms with E-state index in [-0.39, 0.29) is 11.6 Å². The number of methoxy groups -OCH3 is 1. The van der Waals surface area contributed by atoms with E-state index in [1.807, 2.05) is 36.4 Å². The summed E-state index contributed by atoms with van der Waals surface area (Å²) in [6.07, 6.45) is 0. The molecule has 0 aliphatic carbocycles. The molecule has 0 atom stereocenters. The topological polar surface area (TPSA) is 99.9 Å². The predicted octanol–water partition coefficient (Wildman–Crippen LogP) is 7.55. The zero-order valence-electron chi connectivity index (χ0n) is 17.7. The van der Waals surface area contributed by atoms with Crippen LogP contribution in [0.2, 0.25) is 0 Å². The van der Waals surface area contributed by atoms with Crippen molar-refractivity contribution in [1.29, 1.82) is 0 Å². The van der Waals surface area contributed by atoms with Crippen molar-refractivity contribution in [2.75, 3.05) is 7.11 Å². The molecule has 1 amide bonds. The van der Waals surface area contributed by atoms with Crippen molar-refractivity contribution >= 4 is 65.3 Å². The minimum absolute atomic E-state index is 0.171. The molecule has 7 nitrogen and oxygen atoms in total. The van der Waals surface area contributed by atoms with Crippen molar-refractivity contribution in [3.05, 3.63) is 81.2 Å². The van der Waals surface area contributed by atoms with E-state index in [9.17, 15) is 9.90 Å². The molecule has 3 aromatic carbocycles. The summed E-state index contributed by atoms with van der Waals surface area (Å²) in [7, 11) is 1.56. The molecule has 2 heterocycles. The number of benzene rings is 3. The number of azo groups is 1. The standard InChI is InChI=1S/C25H16Br2N4O3/c1-34-15-7-8-20-16(11-15)17(12-21(28-20)13-5-3-2-4-6-13)24(32)31-30-23-18-9-14(26)10-19(27)22(18)29-25(23)33/h2-12,29,33H,1H3. The number of H-pyrrole nitrogens is 1. The van der Waals surface area contributed by atoms with Crippen LogP contribution in [0.25, 0.3) is 33.1 Å². The Kier molecular flexibility index (Phi) is 5.89. The van der Waals surface area contributed by atoms with Crippen molar-refractivity contribution in [3.8, 4) is 22.9 Å². The average Bonchev–Trinajstić information content (AvgIpc) is 3.17. The van der Waals surface area contributed by atoms with Crippen LogP contribution in [0.15, 0.2) is 85.9 Å². The number of fused-ring (bicyclic) bond motifs is 2. The van der Waals surface area contributed by atoms with Gasteiger partial charge in [0.1, 0.15) is 5.75 Å². The number of aromatic amines is 1. The summed E-state index contributed by atoms with van der Waals surface area (Å²) in [4.78, 5) is 20.8. The average molecular weight is 580 g/mol. The van der Waals surface area contributed by atoms with Crippen LogP contribution in [0.5, 0.6) is 11.6 Å². The molecule has 9 heteroatoms. The van der Waals surface area contributed by atoms with Gasteiger partial charge in [0, 0.05) is 25.3 Å². The number of carbonyl (C=O) groups excluding carboxylic acids is 1. The monoisotopic (exact) mass is 578 g/mol. The van der Waals surface area contributed by atoms with Crippen LogP contribution in [0, 0.1) is 0 Å². The lowest BCUT2D eigenvalue weighted by molar-refractivity contribution is 0.0996. The third kappa shape index (κ3) is 4.08. The number of aromatic nitrogens is 2. The molecule has 0 spiro atoms. The van der Waals surface area contributed by atoms with Gasteiger partial charge in [0.25, 0.3) is 5.91 Å². The maximum Gasteiger partial charge on any atom is 0.296 e. The normalized spacial score (nSPS) is 11.5. The molecule has 0 fully saturated rings. The first-order valence-corrected chi connectivity index (χ1v) is 11.7. The highest BCUT2D eigenvalue weighted by molar-refractivity contribution is 9.11. The number of pyridine rings is 1. The van der Waals surface area contributed by atoms with Crippen LogP contribution >= 0.6 is 31.9 Å². The molecule has 0 aliphatic rings. The van der Waals surface area contributed by atoms with Crippen LogP contribution in [0.1, 0.15) is 10.4 Å². The molecule has 168 valence electrons. The van der Waals surface area contributed by atoms with E-state index in [2.05, 4.69) is 47.1 Å². The molecular weight excluding hydrogens is 564 g/mol. The van der Waals surface area contributed by atoms with Crippen LogP contribution in [-0.2, 0) is 0 Å². The fraction of sp³-hybridized carbons (Fsp3) is 0.0400. The number of hydrogen-bond donors (Lipinski definition) is 2. The van der Waals surface area contributed by atoms with Crippen LogP contribution < -0.4 is 4.74 Å². The van der Waals surface area contributed by atoms with Gasteiger partial charge < -0.3 is 14.8 Å². The Morgan fingerprint density at radius 3 is 2.59 bits per heavy atom. The molecule has 2 N–H and O–H groups in total. The van der Waals surface area contributed by atoms with Crippen molar-refractivity contribution in [3.63, 3.8) is 0 Å². The molecule has 34 heavy (non-hydrogen) atoms. The lowest BCUT2D eigenvalue weighted by atomic mass is 10.0. The summed E-state index contributed by atoms with van der Waals surface area (Å²) >= 11 is 6.88. The molecule has 5 rings (SSSR count). The summed E-state index contributed by atoms with van der Waals surface area (Å²) in [5.74, 6) is -0.158. The molecule has 0 saturated carbocycles. The number of hydrogen-bond acceptors (Lipinski definition) is 5. The fourth-order valence-electron chi connectivity index (χ4n) is 3.71. The Morgan fingerprint density at radius 1 is 1.03 bits per heavy atom. The number of carbonyl (C=O) groups is 1. The zero-order valence-corrected chi connectivity index (χ0v) is 20.9. The first-order chi connectivity index (χ1) is 16.4. The first kappa shape index (κ1) is 22.2. The van der Waals surface area contributed by atoms with E-state index in [4.69, 9.17) is 9.72 Å². The van der Waals surface area contributed by atoms with Gasteiger partial charge in [-0.15, -0.1) is 10.2 Å². The minimum Gasteiger partial charge on any atom is -0.497 e. The second-order valence-corrected chi connectivity index (χ2v) is 9.21. The van der Waals surface area contributed by atoms with E-state index in [1.54, 1.807) is 37.4 Å². The van der Waals surface area contributed by atoms with E-state index in [0.717, 1.165) is 14.5 Å². The molecule has 0 saturated heterocycles. The second kappa shape index (κ2) is 9.00. The summed E-state index contributed by atoms with van der Waals surface area (Å²) in [6, 6.07) is 20.2. The lowest BCUT2D eigenvalue weighted by Gasteiger charge is -2.09. The zero-order chi connectivity index (χ0) is 23.8. The van der Waals surface area contributed by atoms with E-state index >= 15 is 0 Å². The molecule has 0 unspecified atom stereocenters. The molecule has 0 aliphatic heterocycles. The van der Waals surface area contributed by atoms with Gasteiger partial charge in [-0.05, 0) is 52.3 Å². The fourth-order valence-corrected chi connectivity index (χ4v) is 5.03. The molecule has 5 aromatic rings. The number of nitrogens with one attached hydrogen (secondary N) is 1. The quantitative estimate of drug-likeness (QED) is 0.215. The second-order valence-electron chi connectivity index (χ2n) is 7.44. The Labute approximate surface area is 210 Å². The highest BCUT2D eigenvalue weighted by atomic mass is 79.9. The lowest BCUT2D eigenvalue weighted by Crippen LogP contribution is -1.99. The molecule has 0 radical (unpaired) electrons. The first-order valence-electron chi connectivity index (χ1n) is 10.1. The Morgan fingerprint density at radius 2 is 1.82 bits per heavy atom. The number of amides is 1. The van der Waals surface area contributed by atoms with Crippen LogP contribution in [0.3, 0.4) is 0 Å². The van der Waals surface area contributed by atoms with Crippen molar-refractivity contribution < 1.29 is 14.6 Å². The summed E-state index contributed by atoms with van der Waals surface area (Å²) in [5, 5.41) is 19.6. The Hall–Kier alpha value is -3.56. The Balaban J connectivity index is 1.64.